The fraction of sp³-hybridized carbons (Fsp3) is 0.600. The van der Waals surface area contributed by atoms with Crippen LogP contribution < -0.4 is 20.1 Å². The first kappa shape index (κ1) is 28.3. The number of carbonyl (C=O) groups is 2. The fourth-order valence-corrected chi connectivity index (χ4v) is 6.15. The van der Waals surface area contributed by atoms with Gasteiger partial charge in [-0.05, 0) is 76.8 Å². The molecule has 9 nitrogen and oxygen atoms in total. The van der Waals surface area contributed by atoms with Gasteiger partial charge in [0, 0.05) is 37.3 Å². The third-order valence-electron chi connectivity index (χ3n) is 8.28. The summed E-state index contributed by atoms with van der Waals surface area (Å²) >= 11 is 0. The van der Waals surface area contributed by atoms with Crippen LogP contribution in [0.15, 0.2) is 30.5 Å². The monoisotopic (exact) mass is 553 g/mol. The molecule has 40 heavy (non-hydrogen) atoms. The zero-order valence-corrected chi connectivity index (χ0v) is 23.5. The molecule has 6 rings (SSSR count). The largest absolute Gasteiger partial charge is 0.488 e. The first-order valence-electron chi connectivity index (χ1n) is 14.5. The molecule has 2 aromatic heterocycles. The summed E-state index contributed by atoms with van der Waals surface area (Å²) in [4.78, 5) is 34.9. The molecular formula is C30H40FN5O4. The first-order valence-corrected chi connectivity index (χ1v) is 14.5. The Balaban J connectivity index is 0.000000403. The van der Waals surface area contributed by atoms with Crippen molar-refractivity contribution in [2.45, 2.75) is 76.6 Å². The van der Waals surface area contributed by atoms with Crippen LogP contribution in [0.3, 0.4) is 0 Å². The number of nitrogens with one attached hydrogen (secondary N) is 2. The third-order valence-corrected chi connectivity index (χ3v) is 8.28. The molecule has 0 radical (unpaired) electrons. The van der Waals surface area contributed by atoms with Crippen LogP contribution in [0.5, 0.6) is 11.6 Å². The summed E-state index contributed by atoms with van der Waals surface area (Å²) in [6, 6.07) is 7.44. The standard InChI is InChI=1S/C24H29N5O4.C6H11F/c1-2-32-23-18(4-3-8-26-23)19-5-6-20(21(28-19)22(31)27-16-7-9-25-12-16)33-17-10-24(11-17)13-29(14-24)15-30;1-6(7)4-2-3-5-6/h3-6,8,15-17,25H,2,7,9-14H2,1H3,(H,27,31);2-5H2,1H3. The average Bonchev–Trinajstić information content (AvgIpc) is 3.56. The molecule has 1 spiro atoms. The lowest BCUT2D eigenvalue weighted by molar-refractivity contribution is -0.147. The summed E-state index contributed by atoms with van der Waals surface area (Å²) in [5.41, 5.74) is 0.987. The highest BCUT2D eigenvalue weighted by atomic mass is 19.1. The molecule has 1 atom stereocenters. The Morgan fingerprint density at radius 1 is 1.25 bits per heavy atom. The van der Waals surface area contributed by atoms with Crippen LogP contribution in [0.1, 0.15) is 69.3 Å². The molecule has 0 aromatic carbocycles. The SMILES string of the molecule is CC1(F)CCCC1.CCOc1ncccc1-c1ccc(OC2CC3(C2)CN(C=O)C3)c(C(=O)NC2CCNC2)n1. The molecule has 10 heteroatoms. The lowest BCUT2D eigenvalue weighted by Crippen LogP contribution is -2.64. The molecule has 2 saturated carbocycles. The Labute approximate surface area is 235 Å². The van der Waals surface area contributed by atoms with Crippen LogP contribution >= 0.6 is 0 Å². The minimum atomic E-state index is -0.806. The van der Waals surface area contributed by atoms with Crippen LogP contribution in [0.4, 0.5) is 4.39 Å². The van der Waals surface area contributed by atoms with Gasteiger partial charge in [0.2, 0.25) is 12.3 Å². The van der Waals surface area contributed by atoms with Gasteiger partial charge < -0.3 is 25.0 Å². The number of carbonyl (C=O) groups excluding carboxylic acids is 2. The van der Waals surface area contributed by atoms with Gasteiger partial charge in [-0.3, -0.25) is 9.59 Å². The van der Waals surface area contributed by atoms with Crippen molar-refractivity contribution in [2.24, 2.45) is 5.41 Å². The van der Waals surface area contributed by atoms with Crippen LogP contribution in [0.2, 0.25) is 0 Å². The topological polar surface area (TPSA) is 106 Å². The number of halogens is 1. The fourth-order valence-electron chi connectivity index (χ4n) is 6.15. The Hall–Kier alpha value is -3.27. The van der Waals surface area contributed by atoms with E-state index in [1.165, 1.54) is 0 Å². The lowest BCUT2D eigenvalue weighted by atomic mass is 9.62. The molecule has 2 aromatic rings. The number of amides is 2. The van der Waals surface area contributed by atoms with Crippen molar-refractivity contribution in [3.8, 4) is 22.9 Å². The highest BCUT2D eigenvalue weighted by Gasteiger charge is 2.53. The number of nitrogens with zero attached hydrogens (tertiary/aromatic N) is 3. The second kappa shape index (κ2) is 12.1. The zero-order valence-electron chi connectivity index (χ0n) is 23.5. The van der Waals surface area contributed by atoms with Gasteiger partial charge in [-0.25, -0.2) is 14.4 Å². The molecule has 216 valence electrons. The van der Waals surface area contributed by atoms with Gasteiger partial charge in [0.1, 0.15) is 11.8 Å². The minimum Gasteiger partial charge on any atom is -0.488 e. The minimum absolute atomic E-state index is 0.0172. The quantitative estimate of drug-likeness (QED) is 0.478. The molecule has 2 saturated heterocycles. The molecule has 2 amide bonds. The summed E-state index contributed by atoms with van der Waals surface area (Å²) in [5, 5.41) is 6.34. The van der Waals surface area contributed by atoms with Crippen LogP contribution in [0.25, 0.3) is 11.3 Å². The maximum absolute atomic E-state index is 13.2. The van der Waals surface area contributed by atoms with Gasteiger partial charge >= 0.3 is 0 Å². The summed E-state index contributed by atoms with van der Waals surface area (Å²) in [6.45, 7) is 7.29. The Bertz CT molecular complexity index is 1180. The highest BCUT2D eigenvalue weighted by molar-refractivity contribution is 5.96. The molecule has 4 fully saturated rings. The van der Waals surface area contributed by atoms with E-state index in [4.69, 9.17) is 14.5 Å². The molecule has 2 N–H and O–H groups in total. The van der Waals surface area contributed by atoms with Crippen molar-refractivity contribution in [1.82, 2.24) is 25.5 Å². The van der Waals surface area contributed by atoms with E-state index in [1.54, 1.807) is 18.0 Å². The van der Waals surface area contributed by atoms with Gasteiger partial charge in [0.25, 0.3) is 5.91 Å². The van der Waals surface area contributed by atoms with Gasteiger partial charge in [0.15, 0.2) is 11.4 Å². The normalized spacial score (nSPS) is 22.5. The van der Waals surface area contributed by atoms with E-state index in [1.807, 2.05) is 31.2 Å². The summed E-state index contributed by atoms with van der Waals surface area (Å²) in [7, 11) is 0. The third kappa shape index (κ3) is 6.54. The van der Waals surface area contributed by atoms with Crippen molar-refractivity contribution in [2.75, 3.05) is 32.8 Å². The van der Waals surface area contributed by atoms with E-state index in [9.17, 15) is 14.0 Å². The van der Waals surface area contributed by atoms with E-state index in [-0.39, 0.29) is 29.2 Å². The van der Waals surface area contributed by atoms with Crippen molar-refractivity contribution < 1.29 is 23.5 Å². The van der Waals surface area contributed by atoms with Crippen molar-refractivity contribution in [3.05, 3.63) is 36.2 Å². The van der Waals surface area contributed by atoms with Gasteiger partial charge in [0.05, 0.1) is 17.9 Å². The van der Waals surface area contributed by atoms with Crippen LogP contribution in [-0.4, -0.2) is 77.8 Å². The summed E-state index contributed by atoms with van der Waals surface area (Å²) in [5.74, 6) is 0.723. The number of likely N-dealkylation sites (tertiary alicyclic amines) is 1. The Morgan fingerprint density at radius 3 is 2.65 bits per heavy atom. The van der Waals surface area contributed by atoms with E-state index in [0.717, 1.165) is 83.1 Å². The number of hydrogen-bond acceptors (Lipinski definition) is 7. The molecule has 0 bridgehead atoms. The van der Waals surface area contributed by atoms with Crippen molar-refractivity contribution in [1.29, 1.82) is 0 Å². The average molecular weight is 554 g/mol. The van der Waals surface area contributed by atoms with E-state index < -0.39 is 5.67 Å². The van der Waals surface area contributed by atoms with Gasteiger partial charge in [-0.2, -0.15) is 0 Å². The molecule has 4 aliphatic rings. The Kier molecular flexibility index (Phi) is 8.54. The first-order chi connectivity index (χ1) is 19.3. The second-order valence-corrected chi connectivity index (χ2v) is 11.8. The maximum Gasteiger partial charge on any atom is 0.274 e. The number of alkyl halides is 1. The Morgan fingerprint density at radius 2 is 2.02 bits per heavy atom. The summed E-state index contributed by atoms with van der Waals surface area (Å²) < 4.78 is 24.5. The molecule has 2 aliphatic carbocycles. The van der Waals surface area contributed by atoms with Gasteiger partial charge in [-0.1, -0.05) is 12.8 Å². The van der Waals surface area contributed by atoms with E-state index in [2.05, 4.69) is 15.6 Å². The summed E-state index contributed by atoms with van der Waals surface area (Å²) in [6.07, 6.45) is 8.98. The predicted octanol–water partition coefficient (Wildman–Crippen LogP) is 3.92. The predicted molar refractivity (Wildman–Crippen MR) is 149 cm³/mol. The number of ether oxygens (including phenoxy) is 2. The smallest absolute Gasteiger partial charge is 0.274 e. The number of hydrogen-bond donors (Lipinski definition) is 2. The number of pyridine rings is 2. The maximum atomic E-state index is 13.2. The molecule has 1 unspecified atom stereocenters. The molecule has 4 heterocycles. The molecule has 2 aliphatic heterocycles. The van der Waals surface area contributed by atoms with E-state index >= 15 is 0 Å². The zero-order chi connectivity index (χ0) is 28.2. The van der Waals surface area contributed by atoms with Crippen molar-refractivity contribution >= 4 is 12.3 Å². The molecular weight excluding hydrogens is 513 g/mol. The second-order valence-electron chi connectivity index (χ2n) is 11.8. The van der Waals surface area contributed by atoms with Crippen molar-refractivity contribution in [3.63, 3.8) is 0 Å². The number of rotatable bonds is 8. The van der Waals surface area contributed by atoms with E-state index in [0.29, 0.717) is 23.9 Å². The van der Waals surface area contributed by atoms with Crippen LogP contribution in [0, 0.1) is 5.41 Å². The lowest BCUT2D eigenvalue weighted by Gasteiger charge is -2.57. The van der Waals surface area contributed by atoms with Gasteiger partial charge in [-0.15, -0.1) is 0 Å². The highest BCUT2D eigenvalue weighted by Crippen LogP contribution is 2.49. The number of aromatic nitrogens is 2. The van der Waals surface area contributed by atoms with Crippen LogP contribution in [-0.2, 0) is 4.79 Å².